The van der Waals surface area contributed by atoms with Crippen molar-refractivity contribution in [1.82, 2.24) is 19.4 Å². The summed E-state index contributed by atoms with van der Waals surface area (Å²) in [4.78, 5) is 36.6. The molecule has 4 heterocycles. The number of hydrogen-bond acceptors (Lipinski definition) is 11. The van der Waals surface area contributed by atoms with Crippen LogP contribution in [-0.4, -0.2) is 132 Å². The molecule has 352 valence electrons. The average Bonchev–Trinajstić information content (AvgIpc) is 3.32. The lowest BCUT2D eigenvalue weighted by molar-refractivity contribution is -0.136. The third-order valence-electron chi connectivity index (χ3n) is 14.8. The molecule has 3 fully saturated rings. The Bertz CT molecular complexity index is 2460. The monoisotopic (exact) mass is 949 g/mol. The maximum atomic E-state index is 13.8. The second-order valence-corrected chi connectivity index (χ2v) is 23.4. The van der Waals surface area contributed by atoms with E-state index < -0.39 is 36.6 Å². The van der Waals surface area contributed by atoms with E-state index >= 15 is 0 Å². The maximum Gasteiger partial charge on any atom is 0.264 e. The number of hydrogen-bond donors (Lipinski definition) is 1. The predicted octanol–water partition coefficient (Wildman–Crippen LogP) is 6.21. The van der Waals surface area contributed by atoms with Crippen molar-refractivity contribution in [2.75, 3.05) is 76.7 Å². The number of nitrogens with one attached hydrogen (secondary N) is 1. The van der Waals surface area contributed by atoms with Gasteiger partial charge < -0.3 is 19.3 Å². The highest BCUT2D eigenvalue weighted by Crippen LogP contribution is 2.47. The van der Waals surface area contributed by atoms with E-state index in [1.54, 1.807) is 62.6 Å². The van der Waals surface area contributed by atoms with Gasteiger partial charge in [-0.05, 0) is 117 Å². The largest absolute Gasteiger partial charge is 0.487 e. The SMILES string of the molecule is CO[C@@]1(CN2CCN3CCN(C(=O)CCS(=O)(=O)c4ccccc4)CC3C2)/C=C/C[C@H](C)[C@@H](C)S(=O)(=O)NC(=O)c2ccc3c(c2)N(CCCCc2cc(Cl)ccc2CO3)C[C@@H]2CC[C@H]21. The molecule has 0 radical (unpaired) electrons. The highest BCUT2D eigenvalue weighted by atomic mass is 35.5. The van der Waals surface area contributed by atoms with Gasteiger partial charge in [-0.25, -0.2) is 21.6 Å². The molecule has 6 atom stereocenters. The molecule has 3 aromatic rings. The van der Waals surface area contributed by atoms with Crippen LogP contribution < -0.4 is 14.4 Å². The van der Waals surface area contributed by atoms with Crippen molar-refractivity contribution in [3.63, 3.8) is 0 Å². The number of anilines is 1. The number of piperazine rings is 2. The van der Waals surface area contributed by atoms with Gasteiger partial charge in [-0.1, -0.05) is 54.9 Å². The lowest BCUT2D eigenvalue weighted by Gasteiger charge is -2.53. The molecule has 0 spiro atoms. The van der Waals surface area contributed by atoms with Crippen LogP contribution in [0.1, 0.15) is 73.9 Å². The summed E-state index contributed by atoms with van der Waals surface area (Å²) in [5.41, 5.74) is 2.53. The Morgan fingerprint density at radius 2 is 1.74 bits per heavy atom. The summed E-state index contributed by atoms with van der Waals surface area (Å²) < 4.78 is 69.2. The highest BCUT2D eigenvalue weighted by Gasteiger charge is 2.49. The van der Waals surface area contributed by atoms with Gasteiger partial charge >= 0.3 is 0 Å². The van der Waals surface area contributed by atoms with E-state index in [0.29, 0.717) is 56.5 Å². The van der Waals surface area contributed by atoms with Crippen LogP contribution in [0.2, 0.25) is 5.02 Å². The lowest BCUT2D eigenvalue weighted by atomic mass is 9.63. The first-order valence-corrected chi connectivity index (χ1v) is 26.8. The van der Waals surface area contributed by atoms with Gasteiger partial charge in [0, 0.05) is 89.1 Å². The molecule has 13 nitrogen and oxygen atoms in total. The Morgan fingerprint density at radius 1 is 0.938 bits per heavy atom. The van der Waals surface area contributed by atoms with Crippen molar-refractivity contribution in [3.8, 4) is 5.75 Å². The smallest absolute Gasteiger partial charge is 0.264 e. The van der Waals surface area contributed by atoms with E-state index in [1.165, 1.54) is 0 Å². The second-order valence-electron chi connectivity index (χ2n) is 18.8. The van der Waals surface area contributed by atoms with Crippen LogP contribution in [-0.2, 0) is 42.4 Å². The molecule has 1 saturated carbocycles. The molecule has 2 amide bonds. The van der Waals surface area contributed by atoms with Crippen LogP contribution in [0.5, 0.6) is 5.75 Å². The van der Waals surface area contributed by atoms with E-state index in [0.717, 1.165) is 75.1 Å². The minimum atomic E-state index is -4.04. The summed E-state index contributed by atoms with van der Waals surface area (Å²) in [7, 11) is -5.82. The zero-order valence-electron chi connectivity index (χ0n) is 37.9. The third-order valence-corrected chi connectivity index (χ3v) is 18.7. The van der Waals surface area contributed by atoms with Crippen LogP contribution in [0.15, 0.2) is 83.8 Å². The van der Waals surface area contributed by atoms with Crippen LogP contribution >= 0.6 is 11.6 Å². The second kappa shape index (κ2) is 20.1. The number of carbonyl (C=O) groups is 2. The minimum absolute atomic E-state index is 0.0591. The molecule has 3 aromatic carbocycles. The van der Waals surface area contributed by atoms with Gasteiger partial charge in [0.15, 0.2) is 9.84 Å². The summed E-state index contributed by atoms with van der Waals surface area (Å²) in [5.74, 6) is -0.324. The molecular weight excluding hydrogens is 886 g/mol. The Kier molecular flexibility index (Phi) is 14.7. The number of fused-ring (bicyclic) bond motifs is 4. The number of amides is 2. The van der Waals surface area contributed by atoms with Gasteiger partial charge in [0.25, 0.3) is 5.91 Å². The van der Waals surface area contributed by atoms with Crippen molar-refractivity contribution >= 4 is 49.0 Å². The first-order valence-electron chi connectivity index (χ1n) is 23.2. The first kappa shape index (κ1) is 47.5. The Hall–Kier alpha value is -3.99. The molecule has 5 aliphatic rings. The van der Waals surface area contributed by atoms with Crippen molar-refractivity contribution in [1.29, 1.82) is 0 Å². The number of sulfone groups is 1. The third kappa shape index (κ3) is 10.8. The Labute approximate surface area is 390 Å². The summed E-state index contributed by atoms with van der Waals surface area (Å²) in [6.45, 7) is 10.1. The number of allylic oxidation sites excluding steroid dienone is 1. The molecule has 1 N–H and O–H groups in total. The summed E-state index contributed by atoms with van der Waals surface area (Å²) in [6.07, 6.45) is 9.29. The molecule has 1 unspecified atom stereocenters. The minimum Gasteiger partial charge on any atom is -0.487 e. The number of aryl methyl sites for hydroxylation is 1. The number of ether oxygens (including phenoxy) is 2. The van der Waals surface area contributed by atoms with Gasteiger partial charge in [-0.15, -0.1) is 0 Å². The van der Waals surface area contributed by atoms with Gasteiger partial charge in [-0.3, -0.25) is 19.4 Å². The molecule has 2 saturated heterocycles. The highest BCUT2D eigenvalue weighted by molar-refractivity contribution is 7.91. The molecule has 4 aliphatic heterocycles. The fourth-order valence-corrected chi connectivity index (χ4v) is 13.2. The number of nitrogens with zero attached hydrogens (tertiary/aromatic N) is 4. The number of carbonyl (C=O) groups excluding carboxylic acids is 2. The first-order chi connectivity index (χ1) is 31.1. The van der Waals surface area contributed by atoms with Crippen molar-refractivity contribution in [3.05, 3.63) is 101 Å². The summed E-state index contributed by atoms with van der Waals surface area (Å²) >= 11 is 6.44. The zero-order valence-corrected chi connectivity index (χ0v) is 40.3. The molecule has 8 rings (SSSR count). The summed E-state index contributed by atoms with van der Waals surface area (Å²) in [6, 6.07) is 19.5. The average molecular weight is 951 g/mol. The zero-order chi connectivity index (χ0) is 45.9. The normalized spacial score (nSPS) is 28.5. The Morgan fingerprint density at radius 3 is 2.51 bits per heavy atom. The number of halogens is 1. The van der Waals surface area contributed by atoms with Gasteiger partial charge in [0.2, 0.25) is 15.9 Å². The quantitative estimate of drug-likeness (QED) is 0.270. The van der Waals surface area contributed by atoms with Crippen LogP contribution in [0.3, 0.4) is 0 Å². The fraction of sp³-hybridized carbons (Fsp3) is 0.551. The van der Waals surface area contributed by atoms with E-state index in [-0.39, 0.29) is 52.3 Å². The summed E-state index contributed by atoms with van der Waals surface area (Å²) in [5, 5.41) is -0.164. The van der Waals surface area contributed by atoms with E-state index in [2.05, 4.69) is 31.6 Å². The van der Waals surface area contributed by atoms with E-state index in [4.69, 9.17) is 21.1 Å². The maximum absolute atomic E-state index is 13.8. The van der Waals surface area contributed by atoms with Crippen LogP contribution in [0.4, 0.5) is 5.69 Å². The molecular formula is C49H64ClN5O8S2. The van der Waals surface area contributed by atoms with Gasteiger partial charge in [0.05, 0.1) is 21.6 Å². The van der Waals surface area contributed by atoms with Gasteiger partial charge in [0.1, 0.15) is 18.0 Å². The number of methoxy groups -OCH3 is 1. The molecule has 2 bridgehead atoms. The molecule has 0 aromatic heterocycles. The van der Waals surface area contributed by atoms with E-state index in [9.17, 15) is 26.4 Å². The lowest BCUT2D eigenvalue weighted by Crippen LogP contribution is -2.65. The van der Waals surface area contributed by atoms with Crippen LogP contribution in [0, 0.1) is 17.8 Å². The number of sulfonamides is 1. The van der Waals surface area contributed by atoms with Crippen molar-refractivity contribution in [2.24, 2.45) is 17.8 Å². The standard InChI is InChI=1S/C49H64ClN5O8S2/c1-35-10-9-21-49(62-3,34-52-23-24-53-25-26-55(32-42(53)31-52)47(56)20-27-64(58,59)43-12-5-4-6-13-43)44-18-15-39(44)30-54-22-8-7-11-37-28-41(50)17-14-40(37)33-63-46-19-16-38(29-45(46)54)48(57)51-65(60,61)36(35)2/h4-6,9,12-14,16-17,19,21,28-29,35-36,39,42,44H,7-8,10-11,15,18,20,22-27,30-34H2,1-3H3,(H,51,57)/b21-9+/t35-,36+,39-,42?,44+,49+/m0/s1. The predicted molar refractivity (Wildman–Crippen MR) is 254 cm³/mol. The topological polar surface area (TPSA) is 146 Å². The van der Waals surface area contributed by atoms with Crippen LogP contribution in [0.25, 0.3) is 0 Å². The fourth-order valence-electron chi connectivity index (χ4n) is 10.5. The van der Waals surface area contributed by atoms with Crippen molar-refractivity contribution in [2.45, 2.75) is 87.2 Å². The molecule has 65 heavy (non-hydrogen) atoms. The molecule has 16 heteroatoms. The number of rotatable bonds is 7. The van der Waals surface area contributed by atoms with Crippen molar-refractivity contribution < 1.29 is 35.9 Å². The Balaban J connectivity index is 1.05. The van der Waals surface area contributed by atoms with Gasteiger partial charge in [-0.2, -0.15) is 0 Å². The van der Waals surface area contributed by atoms with E-state index in [1.807, 2.05) is 30.0 Å². The number of benzene rings is 3. The molecule has 1 aliphatic carbocycles.